The number of nitrogens with zero attached hydrogens (tertiary/aromatic N) is 4. The van der Waals surface area contributed by atoms with Gasteiger partial charge in [-0.25, -0.2) is 0 Å². The van der Waals surface area contributed by atoms with E-state index in [1.165, 1.54) is 12.8 Å². The molecule has 0 unspecified atom stereocenters. The van der Waals surface area contributed by atoms with Gasteiger partial charge in [0.2, 0.25) is 5.91 Å². The molecule has 1 spiro atoms. The Hall–Kier alpha value is -1.53. The number of hydrogen-bond donors (Lipinski definition) is 0. The van der Waals surface area contributed by atoms with Gasteiger partial charge in [-0.3, -0.25) is 14.8 Å². The van der Waals surface area contributed by atoms with Crippen molar-refractivity contribution in [1.29, 1.82) is 0 Å². The molecule has 0 aliphatic carbocycles. The van der Waals surface area contributed by atoms with Crippen LogP contribution in [0.2, 0.25) is 0 Å². The van der Waals surface area contributed by atoms with Crippen LogP contribution in [0.3, 0.4) is 0 Å². The zero-order valence-corrected chi connectivity index (χ0v) is 16.2. The highest BCUT2D eigenvalue weighted by Crippen LogP contribution is 2.39. The fourth-order valence-corrected chi connectivity index (χ4v) is 4.22. The first-order chi connectivity index (χ1) is 12.6. The maximum Gasteiger partial charge on any atom is 0.222 e. The molecule has 3 heterocycles. The largest absolute Gasteiger partial charge is 0.380 e. The van der Waals surface area contributed by atoms with Crippen LogP contribution in [0, 0.1) is 12.3 Å². The molecule has 0 N–H and O–H groups in total. The van der Waals surface area contributed by atoms with Crippen molar-refractivity contribution in [3.05, 3.63) is 23.8 Å². The number of hydrogen-bond acceptors (Lipinski definition) is 5. The van der Waals surface area contributed by atoms with Gasteiger partial charge in [-0.05, 0) is 39.2 Å². The summed E-state index contributed by atoms with van der Waals surface area (Å²) in [7, 11) is 0. The number of rotatable bonds is 7. The SMILES string of the molecule is CCCOCCN1CCC[C@@]2(CCC(=O)N(Cc3cnc(C)cn3)C2)C1. The summed E-state index contributed by atoms with van der Waals surface area (Å²) in [5, 5.41) is 0. The summed E-state index contributed by atoms with van der Waals surface area (Å²) in [6.45, 7) is 10.4. The topological polar surface area (TPSA) is 58.6 Å². The Morgan fingerprint density at radius 3 is 2.85 bits per heavy atom. The molecule has 3 rings (SSSR count). The number of likely N-dealkylation sites (tertiary alicyclic amines) is 2. The van der Waals surface area contributed by atoms with Gasteiger partial charge in [0.15, 0.2) is 0 Å². The van der Waals surface area contributed by atoms with Gasteiger partial charge in [-0.15, -0.1) is 0 Å². The Bertz CT molecular complexity index is 592. The van der Waals surface area contributed by atoms with Crippen molar-refractivity contribution in [3.8, 4) is 0 Å². The number of carbonyl (C=O) groups excluding carboxylic acids is 1. The van der Waals surface area contributed by atoms with Crippen molar-refractivity contribution in [3.63, 3.8) is 0 Å². The average molecular weight is 361 g/mol. The molecular formula is C20H32N4O2. The fourth-order valence-electron chi connectivity index (χ4n) is 4.22. The highest BCUT2D eigenvalue weighted by Gasteiger charge is 2.41. The Labute approximate surface area is 156 Å². The Morgan fingerprint density at radius 2 is 2.08 bits per heavy atom. The van der Waals surface area contributed by atoms with Gasteiger partial charge < -0.3 is 14.5 Å². The molecule has 6 nitrogen and oxygen atoms in total. The molecule has 26 heavy (non-hydrogen) atoms. The summed E-state index contributed by atoms with van der Waals surface area (Å²) in [6, 6.07) is 0. The van der Waals surface area contributed by atoms with E-state index in [9.17, 15) is 4.79 Å². The first kappa shape index (κ1) is 19.2. The predicted molar refractivity (Wildman–Crippen MR) is 101 cm³/mol. The lowest BCUT2D eigenvalue weighted by molar-refractivity contribution is -0.140. The van der Waals surface area contributed by atoms with E-state index >= 15 is 0 Å². The highest BCUT2D eigenvalue weighted by atomic mass is 16.5. The number of aryl methyl sites for hydroxylation is 1. The maximum absolute atomic E-state index is 12.5. The molecule has 2 fully saturated rings. The van der Waals surface area contributed by atoms with Gasteiger partial charge >= 0.3 is 0 Å². The lowest BCUT2D eigenvalue weighted by Gasteiger charge is -2.48. The summed E-state index contributed by atoms with van der Waals surface area (Å²) in [5.74, 6) is 0.251. The van der Waals surface area contributed by atoms with Gasteiger partial charge in [0.1, 0.15) is 0 Å². The quantitative estimate of drug-likeness (QED) is 0.699. The normalized spacial score (nSPS) is 24.4. The second-order valence-corrected chi connectivity index (χ2v) is 7.89. The number of carbonyl (C=O) groups is 1. The van der Waals surface area contributed by atoms with Gasteiger partial charge in [0.25, 0.3) is 0 Å². The monoisotopic (exact) mass is 360 g/mol. The third kappa shape index (κ3) is 5.01. The van der Waals surface area contributed by atoms with Gasteiger partial charge in [-0.2, -0.15) is 0 Å². The number of aromatic nitrogens is 2. The molecule has 0 bridgehead atoms. The molecule has 1 aromatic heterocycles. The molecular weight excluding hydrogens is 328 g/mol. The van der Waals surface area contributed by atoms with E-state index < -0.39 is 0 Å². The van der Waals surface area contributed by atoms with Crippen molar-refractivity contribution in [2.75, 3.05) is 39.4 Å². The summed E-state index contributed by atoms with van der Waals surface area (Å²) < 4.78 is 5.67. The van der Waals surface area contributed by atoms with E-state index in [0.29, 0.717) is 13.0 Å². The summed E-state index contributed by atoms with van der Waals surface area (Å²) in [5.41, 5.74) is 2.01. The van der Waals surface area contributed by atoms with E-state index in [0.717, 1.165) is 63.6 Å². The number of amides is 1. The van der Waals surface area contributed by atoms with Crippen molar-refractivity contribution >= 4 is 5.91 Å². The molecule has 0 radical (unpaired) electrons. The lowest BCUT2D eigenvalue weighted by atomic mass is 9.73. The van der Waals surface area contributed by atoms with Crippen LogP contribution in [0.15, 0.2) is 12.4 Å². The molecule has 1 aromatic rings. The Balaban J connectivity index is 1.58. The van der Waals surface area contributed by atoms with Crippen LogP contribution >= 0.6 is 0 Å². The molecule has 144 valence electrons. The molecule has 2 aliphatic heterocycles. The molecule has 1 atom stereocenters. The standard InChI is InChI=1S/C20H32N4O2/c1-3-10-26-11-9-23-8-4-6-20(15-23)7-5-19(25)24(16-20)14-18-13-21-17(2)12-22-18/h12-13H,3-11,14-16H2,1-2H3/t20-/m1/s1. The second kappa shape index (κ2) is 8.91. The predicted octanol–water partition coefficient (Wildman–Crippen LogP) is 2.42. The Morgan fingerprint density at radius 1 is 1.19 bits per heavy atom. The van der Waals surface area contributed by atoms with Crippen LogP contribution < -0.4 is 0 Å². The van der Waals surface area contributed by atoms with Gasteiger partial charge in [0, 0.05) is 44.3 Å². The minimum absolute atomic E-state index is 0.231. The van der Waals surface area contributed by atoms with Crippen LogP contribution in [0.25, 0.3) is 0 Å². The molecule has 6 heteroatoms. The minimum Gasteiger partial charge on any atom is -0.380 e. The molecule has 2 saturated heterocycles. The van der Waals surface area contributed by atoms with E-state index in [-0.39, 0.29) is 11.3 Å². The van der Waals surface area contributed by atoms with Crippen molar-refractivity contribution in [2.45, 2.75) is 52.5 Å². The van der Waals surface area contributed by atoms with E-state index in [4.69, 9.17) is 4.74 Å². The number of piperidine rings is 2. The second-order valence-electron chi connectivity index (χ2n) is 7.89. The maximum atomic E-state index is 12.5. The van der Waals surface area contributed by atoms with Gasteiger partial charge in [0.05, 0.1) is 30.7 Å². The van der Waals surface area contributed by atoms with Crippen LogP contribution in [0.4, 0.5) is 0 Å². The van der Waals surface area contributed by atoms with Crippen LogP contribution in [-0.4, -0.2) is 65.1 Å². The van der Waals surface area contributed by atoms with E-state index in [1.807, 2.05) is 11.8 Å². The minimum atomic E-state index is 0.231. The summed E-state index contributed by atoms with van der Waals surface area (Å²) in [6.07, 6.45) is 8.72. The van der Waals surface area contributed by atoms with E-state index in [2.05, 4.69) is 21.8 Å². The van der Waals surface area contributed by atoms with Crippen LogP contribution in [0.5, 0.6) is 0 Å². The smallest absolute Gasteiger partial charge is 0.222 e. The molecule has 1 amide bonds. The van der Waals surface area contributed by atoms with Crippen LogP contribution in [0.1, 0.15) is 50.4 Å². The lowest BCUT2D eigenvalue weighted by Crippen LogP contribution is -2.54. The zero-order valence-electron chi connectivity index (χ0n) is 16.2. The third-order valence-corrected chi connectivity index (χ3v) is 5.58. The van der Waals surface area contributed by atoms with Crippen molar-refractivity contribution in [2.24, 2.45) is 5.41 Å². The first-order valence-corrected chi connectivity index (χ1v) is 9.96. The van der Waals surface area contributed by atoms with Crippen molar-refractivity contribution < 1.29 is 9.53 Å². The third-order valence-electron chi connectivity index (χ3n) is 5.58. The highest BCUT2D eigenvalue weighted by molar-refractivity contribution is 5.77. The average Bonchev–Trinajstić information content (AvgIpc) is 2.64. The zero-order chi connectivity index (χ0) is 18.4. The van der Waals surface area contributed by atoms with E-state index in [1.54, 1.807) is 12.4 Å². The molecule has 0 aromatic carbocycles. The molecule has 2 aliphatic rings. The Kier molecular flexibility index (Phi) is 6.59. The van der Waals surface area contributed by atoms with Gasteiger partial charge in [-0.1, -0.05) is 6.92 Å². The summed E-state index contributed by atoms with van der Waals surface area (Å²) in [4.78, 5) is 25.7. The number of ether oxygens (including phenoxy) is 1. The first-order valence-electron chi connectivity index (χ1n) is 9.96. The summed E-state index contributed by atoms with van der Waals surface area (Å²) >= 11 is 0. The molecule has 0 saturated carbocycles. The van der Waals surface area contributed by atoms with Crippen molar-refractivity contribution in [1.82, 2.24) is 19.8 Å². The fraction of sp³-hybridized carbons (Fsp3) is 0.750. The van der Waals surface area contributed by atoms with Crippen LogP contribution in [-0.2, 0) is 16.1 Å².